The molecule has 1 aromatic heterocycles. The molecule has 0 saturated carbocycles. The van der Waals surface area contributed by atoms with Gasteiger partial charge >= 0.3 is 0 Å². The van der Waals surface area contributed by atoms with Gasteiger partial charge in [-0.2, -0.15) is 0 Å². The quantitative estimate of drug-likeness (QED) is 0.363. The number of aromatic hydroxyl groups is 1. The monoisotopic (exact) mass is 488 g/mol. The average Bonchev–Trinajstić information content (AvgIpc) is 3.06. The Hall–Kier alpha value is -1.31. The first-order valence-corrected chi connectivity index (χ1v) is 9.44. The first-order chi connectivity index (χ1) is 13.0. The molecule has 0 saturated heterocycles. The van der Waals surface area contributed by atoms with E-state index >= 15 is 0 Å². The number of carbonyl (C=O) groups is 1. The van der Waals surface area contributed by atoms with Crippen LogP contribution in [0.1, 0.15) is 34.7 Å². The molecule has 0 bridgehead atoms. The third-order valence-corrected chi connectivity index (χ3v) is 5.81. The van der Waals surface area contributed by atoms with Gasteiger partial charge in [-0.1, -0.05) is 16.4 Å². The third-order valence-electron chi connectivity index (χ3n) is 4.40. The maximum atomic E-state index is 13.4. The molecular weight excluding hydrogens is 482 g/mol. The third kappa shape index (κ3) is 3.12. The number of phenols is 1. The second-order valence-corrected chi connectivity index (χ2v) is 7.83. The van der Waals surface area contributed by atoms with Crippen LogP contribution in [-0.2, 0) is 0 Å². The van der Waals surface area contributed by atoms with Crippen LogP contribution in [0.25, 0.3) is 11.0 Å². The summed E-state index contributed by atoms with van der Waals surface area (Å²) in [6.07, 6.45) is -1.17. The van der Waals surface area contributed by atoms with Gasteiger partial charge in [0.2, 0.25) is 0 Å². The number of rotatable bonds is 3. The molecule has 0 aliphatic rings. The molecule has 1 heterocycles. The number of aliphatic hydroxyl groups excluding tert-OH is 1. The first kappa shape index (κ1) is 21.4. The van der Waals surface area contributed by atoms with Gasteiger partial charge in [0.25, 0.3) is 0 Å². The maximum Gasteiger partial charge on any atom is 0.196 e. The molecule has 10 radical (unpaired) electrons. The van der Waals surface area contributed by atoms with Crippen molar-refractivity contribution in [2.45, 2.75) is 13.0 Å². The van der Waals surface area contributed by atoms with Crippen molar-refractivity contribution in [1.29, 1.82) is 0 Å². The van der Waals surface area contributed by atoms with Crippen LogP contribution in [0.3, 0.4) is 0 Å². The lowest BCUT2D eigenvalue weighted by Gasteiger charge is -2.14. The fraction of sp³-hybridized carbons (Fsp3) is 0.118. The summed E-state index contributed by atoms with van der Waals surface area (Å²) in [6.45, 7) is 1.42. The second-order valence-electron chi connectivity index (χ2n) is 6.19. The van der Waals surface area contributed by atoms with Crippen LogP contribution in [0.4, 0.5) is 0 Å². The van der Waals surface area contributed by atoms with Crippen molar-refractivity contribution >= 4 is 115 Å². The summed E-state index contributed by atoms with van der Waals surface area (Å²) in [6, 6.07) is 1.35. The number of benzene rings is 2. The number of phenolic OH excluding ortho intramolecular Hbond substituents is 1. The maximum absolute atomic E-state index is 13.4. The number of halogens is 2. The minimum Gasteiger partial charge on any atom is -0.506 e. The van der Waals surface area contributed by atoms with E-state index in [0.717, 1.165) is 0 Å². The Labute approximate surface area is 184 Å². The molecule has 28 heavy (non-hydrogen) atoms. The van der Waals surface area contributed by atoms with Gasteiger partial charge in [-0.3, -0.25) is 4.79 Å². The Bertz CT molecular complexity index is 1160. The van der Waals surface area contributed by atoms with Gasteiger partial charge in [0.1, 0.15) is 62.4 Å². The number of furan rings is 1. The number of ketones is 1. The van der Waals surface area contributed by atoms with E-state index in [9.17, 15) is 15.0 Å². The lowest BCUT2D eigenvalue weighted by molar-refractivity contribution is 0.102. The Balaban J connectivity index is 2.44. The molecule has 3 aromatic rings. The molecule has 0 fully saturated rings. The summed E-state index contributed by atoms with van der Waals surface area (Å²) in [5.41, 5.74) is 0.0412. The Kier molecular flexibility index (Phi) is 5.74. The molecule has 0 amide bonds. The van der Waals surface area contributed by atoms with Crippen molar-refractivity contribution in [2.75, 3.05) is 0 Å². The Morgan fingerprint density at radius 3 is 2.18 bits per heavy atom. The van der Waals surface area contributed by atoms with E-state index in [1.807, 2.05) is 0 Å². The number of hydrogen-bond acceptors (Lipinski definition) is 4. The minimum absolute atomic E-state index is 0.00182. The molecule has 4 nitrogen and oxygen atoms in total. The first-order valence-electron chi connectivity index (χ1n) is 7.86. The highest BCUT2D eigenvalue weighted by Crippen LogP contribution is 2.34. The normalized spacial score (nSPS) is 12.4. The van der Waals surface area contributed by atoms with Gasteiger partial charge in [-0.05, 0) is 44.8 Å². The van der Waals surface area contributed by atoms with Crippen molar-refractivity contribution in [1.82, 2.24) is 0 Å². The molecule has 0 spiro atoms. The molecule has 1 atom stereocenters. The fourth-order valence-corrected chi connectivity index (χ4v) is 4.03. The zero-order valence-electron chi connectivity index (χ0n) is 14.5. The summed E-state index contributed by atoms with van der Waals surface area (Å²) in [5, 5.41) is 20.3. The van der Waals surface area contributed by atoms with Gasteiger partial charge < -0.3 is 14.6 Å². The van der Waals surface area contributed by atoms with Gasteiger partial charge in [-0.15, -0.1) is 10.9 Å². The highest BCUT2D eigenvalue weighted by Gasteiger charge is 2.29. The number of carbonyl (C=O) groups excluding carboxylic acids is 1. The lowest BCUT2D eigenvalue weighted by atomic mass is 9.65. The largest absolute Gasteiger partial charge is 0.506 e. The van der Waals surface area contributed by atoms with Crippen molar-refractivity contribution in [2.24, 2.45) is 0 Å². The standard InChI is InChI=1S/C17H7B5Br2O4/c1-3(25)16-7(6-9(19)10(20)11(21)12(22)17(6)28-16)14(26)4-2-5(23)15(27)13(24)8(4)18/h2-3,25,27H,1H3. The summed E-state index contributed by atoms with van der Waals surface area (Å²) in [4.78, 5) is 13.4. The van der Waals surface area contributed by atoms with Gasteiger partial charge in [0.15, 0.2) is 5.78 Å². The van der Waals surface area contributed by atoms with E-state index in [0.29, 0.717) is 0 Å². The van der Waals surface area contributed by atoms with E-state index in [1.54, 1.807) is 0 Å². The lowest BCUT2D eigenvalue weighted by Crippen LogP contribution is -2.47. The summed E-state index contributed by atoms with van der Waals surface area (Å²) in [7, 11) is 29.9. The van der Waals surface area contributed by atoms with Crippen LogP contribution in [0.5, 0.6) is 5.75 Å². The fourth-order valence-electron chi connectivity index (χ4n) is 2.91. The highest BCUT2D eigenvalue weighted by molar-refractivity contribution is 9.11. The average molecular weight is 489 g/mol. The number of fused-ring (bicyclic) bond motifs is 1. The van der Waals surface area contributed by atoms with Crippen LogP contribution in [0.2, 0.25) is 0 Å². The van der Waals surface area contributed by atoms with Crippen molar-refractivity contribution in [3.05, 3.63) is 31.9 Å². The van der Waals surface area contributed by atoms with Gasteiger partial charge in [0.05, 0.1) is 14.5 Å². The van der Waals surface area contributed by atoms with Crippen LogP contribution in [-0.4, -0.2) is 55.2 Å². The van der Waals surface area contributed by atoms with Crippen molar-refractivity contribution in [3.8, 4) is 5.75 Å². The Morgan fingerprint density at radius 2 is 1.61 bits per heavy atom. The van der Waals surface area contributed by atoms with E-state index < -0.39 is 11.9 Å². The predicted octanol–water partition coefficient (Wildman–Crippen LogP) is -1.08. The van der Waals surface area contributed by atoms with Crippen LogP contribution < -0.4 is 27.3 Å². The van der Waals surface area contributed by atoms with E-state index in [2.05, 4.69) is 31.9 Å². The summed E-state index contributed by atoms with van der Waals surface area (Å²) in [5.74, 6) is -0.838. The molecule has 11 heteroatoms. The minimum atomic E-state index is -1.17. The number of aliphatic hydroxyl groups is 1. The van der Waals surface area contributed by atoms with Gasteiger partial charge in [0, 0.05) is 10.9 Å². The number of hydrogen-bond donors (Lipinski definition) is 2. The zero-order chi connectivity index (χ0) is 21.1. The molecule has 0 aliphatic carbocycles. The predicted molar refractivity (Wildman–Crippen MR) is 121 cm³/mol. The SMILES string of the molecule is [B]c1c(C(=O)c2c(C(C)O)oc3c([B])c([B])c([B])c([B])c23)cc(Br)c(O)c1Br. The second kappa shape index (κ2) is 7.50. The topological polar surface area (TPSA) is 70.7 Å². The van der Waals surface area contributed by atoms with Crippen molar-refractivity contribution in [3.63, 3.8) is 0 Å². The molecule has 0 aliphatic heterocycles. The molecule has 2 aromatic carbocycles. The highest BCUT2D eigenvalue weighted by atomic mass is 79.9. The molecule has 2 N–H and O–H groups in total. The molecule has 1 unspecified atom stereocenters. The summed E-state index contributed by atoms with van der Waals surface area (Å²) >= 11 is 6.31. The summed E-state index contributed by atoms with van der Waals surface area (Å²) < 4.78 is 6.02. The zero-order valence-corrected chi connectivity index (χ0v) is 17.7. The van der Waals surface area contributed by atoms with Crippen molar-refractivity contribution < 1.29 is 19.4 Å². The van der Waals surface area contributed by atoms with Crippen LogP contribution in [0.15, 0.2) is 19.4 Å². The van der Waals surface area contributed by atoms with E-state index in [-0.39, 0.29) is 69.9 Å². The van der Waals surface area contributed by atoms with E-state index in [1.165, 1.54) is 13.0 Å². The molecule has 128 valence electrons. The Morgan fingerprint density at radius 1 is 1.04 bits per heavy atom. The van der Waals surface area contributed by atoms with E-state index in [4.69, 9.17) is 43.6 Å². The van der Waals surface area contributed by atoms with Gasteiger partial charge in [-0.25, -0.2) is 0 Å². The molecule has 3 rings (SSSR count). The van der Waals surface area contributed by atoms with Crippen LogP contribution in [0, 0.1) is 0 Å². The molecular formula is C17H7B5Br2O4. The van der Waals surface area contributed by atoms with Crippen LogP contribution >= 0.6 is 31.9 Å². The smallest absolute Gasteiger partial charge is 0.196 e.